The first-order valence-corrected chi connectivity index (χ1v) is 4.94. The highest BCUT2D eigenvalue weighted by atomic mass is 16.5. The molecule has 0 saturated carbocycles. The normalized spacial score (nSPS) is 10.4. The van der Waals surface area contributed by atoms with Crippen molar-refractivity contribution in [3.05, 3.63) is 23.9 Å². The molecule has 0 fully saturated rings. The fourth-order valence-corrected chi connectivity index (χ4v) is 1.54. The Labute approximate surface area is 96.2 Å². The second-order valence-corrected chi connectivity index (χ2v) is 3.59. The molecule has 1 aromatic carbocycles. The number of carbonyl (C=O) groups excluding carboxylic acids is 1. The number of nitrogens with one attached hydrogen (secondary N) is 1. The molecule has 2 N–H and O–H groups in total. The minimum Gasteiger partial charge on any atom is -0.481 e. The summed E-state index contributed by atoms with van der Waals surface area (Å²) in [5.74, 6) is -1.18. The minimum atomic E-state index is -0.981. The van der Waals surface area contributed by atoms with Crippen molar-refractivity contribution in [1.82, 2.24) is 5.16 Å². The van der Waals surface area contributed by atoms with Crippen LogP contribution in [0.15, 0.2) is 22.7 Å². The lowest BCUT2D eigenvalue weighted by atomic mass is 10.1. The van der Waals surface area contributed by atoms with E-state index in [0.29, 0.717) is 22.4 Å². The van der Waals surface area contributed by atoms with Crippen molar-refractivity contribution in [2.24, 2.45) is 0 Å². The van der Waals surface area contributed by atoms with Gasteiger partial charge in [-0.15, -0.1) is 0 Å². The minimum absolute atomic E-state index is 0.194. The number of fused-ring (bicyclic) bond motifs is 1. The molecular weight excluding hydrogens is 224 g/mol. The molecule has 1 heterocycles. The molecule has 0 aliphatic carbocycles. The number of anilines is 1. The van der Waals surface area contributed by atoms with Crippen LogP contribution in [0.5, 0.6) is 0 Å². The molecule has 0 unspecified atom stereocenters. The summed E-state index contributed by atoms with van der Waals surface area (Å²) in [7, 11) is 0. The summed E-state index contributed by atoms with van der Waals surface area (Å²) in [5.41, 5.74) is 1.43. The van der Waals surface area contributed by atoms with Gasteiger partial charge in [-0.3, -0.25) is 9.59 Å². The summed E-state index contributed by atoms with van der Waals surface area (Å²) < 4.78 is 4.98. The first kappa shape index (κ1) is 11.1. The molecular formula is C11H10N2O4. The van der Waals surface area contributed by atoms with E-state index in [0.717, 1.165) is 0 Å². The Morgan fingerprint density at radius 1 is 1.47 bits per heavy atom. The van der Waals surface area contributed by atoms with Crippen molar-refractivity contribution in [3.63, 3.8) is 0 Å². The summed E-state index contributed by atoms with van der Waals surface area (Å²) in [6.45, 7) is 1.40. The predicted molar refractivity (Wildman–Crippen MR) is 59.7 cm³/mol. The molecule has 0 atom stereocenters. The Hall–Kier alpha value is -2.37. The van der Waals surface area contributed by atoms with Gasteiger partial charge in [-0.2, -0.15) is 0 Å². The van der Waals surface area contributed by atoms with Crippen LogP contribution in [-0.4, -0.2) is 22.1 Å². The van der Waals surface area contributed by atoms with Gasteiger partial charge >= 0.3 is 5.97 Å². The Morgan fingerprint density at radius 3 is 2.88 bits per heavy atom. The van der Waals surface area contributed by atoms with E-state index in [4.69, 9.17) is 9.63 Å². The van der Waals surface area contributed by atoms with Gasteiger partial charge in [0.25, 0.3) is 0 Å². The maximum Gasteiger partial charge on any atom is 0.309 e. The molecule has 0 radical (unpaired) electrons. The van der Waals surface area contributed by atoms with Crippen LogP contribution >= 0.6 is 0 Å². The number of aliphatic carboxylic acids is 1. The van der Waals surface area contributed by atoms with E-state index in [1.807, 2.05) is 0 Å². The average Bonchev–Trinajstić information content (AvgIpc) is 2.59. The van der Waals surface area contributed by atoms with Crippen LogP contribution in [0.2, 0.25) is 0 Å². The zero-order valence-corrected chi connectivity index (χ0v) is 9.06. The SMILES string of the molecule is CC(=O)Nc1ccc2onc(CC(=O)O)c2c1. The van der Waals surface area contributed by atoms with E-state index in [1.54, 1.807) is 18.2 Å². The highest BCUT2D eigenvalue weighted by molar-refractivity contribution is 5.93. The van der Waals surface area contributed by atoms with E-state index < -0.39 is 5.97 Å². The van der Waals surface area contributed by atoms with Crippen LogP contribution in [-0.2, 0) is 16.0 Å². The quantitative estimate of drug-likeness (QED) is 0.837. The van der Waals surface area contributed by atoms with Gasteiger partial charge in [0, 0.05) is 18.0 Å². The van der Waals surface area contributed by atoms with Gasteiger partial charge in [-0.05, 0) is 18.2 Å². The van der Waals surface area contributed by atoms with Gasteiger partial charge in [0.2, 0.25) is 5.91 Å². The molecule has 0 bridgehead atoms. The molecule has 2 rings (SSSR count). The highest BCUT2D eigenvalue weighted by Gasteiger charge is 2.12. The van der Waals surface area contributed by atoms with Crippen LogP contribution in [0, 0.1) is 0 Å². The lowest BCUT2D eigenvalue weighted by Crippen LogP contribution is -2.05. The molecule has 17 heavy (non-hydrogen) atoms. The molecule has 0 spiro atoms. The van der Waals surface area contributed by atoms with Crippen molar-refractivity contribution in [1.29, 1.82) is 0 Å². The molecule has 0 aliphatic heterocycles. The number of hydrogen-bond donors (Lipinski definition) is 2. The third-order valence-electron chi connectivity index (χ3n) is 2.18. The third kappa shape index (κ3) is 2.41. The monoisotopic (exact) mass is 234 g/mol. The number of carbonyl (C=O) groups is 2. The number of nitrogens with zero attached hydrogens (tertiary/aromatic N) is 1. The number of benzene rings is 1. The first-order chi connectivity index (χ1) is 8.06. The van der Waals surface area contributed by atoms with E-state index in [1.165, 1.54) is 6.92 Å². The molecule has 88 valence electrons. The molecule has 0 aliphatic rings. The van der Waals surface area contributed by atoms with E-state index in [9.17, 15) is 9.59 Å². The molecule has 2 aromatic rings. The Balaban J connectivity index is 2.42. The molecule has 1 aromatic heterocycles. The van der Waals surface area contributed by atoms with Crippen molar-refractivity contribution < 1.29 is 19.2 Å². The zero-order valence-electron chi connectivity index (χ0n) is 9.06. The number of amides is 1. The zero-order chi connectivity index (χ0) is 12.4. The fraction of sp³-hybridized carbons (Fsp3) is 0.182. The molecule has 6 nitrogen and oxygen atoms in total. The summed E-state index contributed by atoms with van der Waals surface area (Å²) in [4.78, 5) is 21.5. The average molecular weight is 234 g/mol. The van der Waals surface area contributed by atoms with Gasteiger partial charge in [0.1, 0.15) is 5.69 Å². The smallest absolute Gasteiger partial charge is 0.309 e. The van der Waals surface area contributed by atoms with Crippen LogP contribution in [0.25, 0.3) is 11.0 Å². The summed E-state index contributed by atoms with van der Waals surface area (Å²) in [5, 5.41) is 15.6. The highest BCUT2D eigenvalue weighted by Crippen LogP contribution is 2.22. The summed E-state index contributed by atoms with van der Waals surface area (Å²) in [6.07, 6.45) is -0.212. The van der Waals surface area contributed by atoms with Gasteiger partial charge in [-0.1, -0.05) is 5.16 Å². The lowest BCUT2D eigenvalue weighted by Gasteiger charge is -2.00. The molecule has 0 saturated heterocycles. The Kier molecular flexibility index (Phi) is 2.78. The van der Waals surface area contributed by atoms with Crippen LogP contribution < -0.4 is 5.32 Å². The fourth-order valence-electron chi connectivity index (χ4n) is 1.54. The molecule has 1 amide bonds. The number of carboxylic acid groups (broad SMARTS) is 1. The lowest BCUT2D eigenvalue weighted by molar-refractivity contribution is -0.136. The largest absolute Gasteiger partial charge is 0.481 e. The summed E-state index contributed by atoms with van der Waals surface area (Å²) >= 11 is 0. The van der Waals surface area contributed by atoms with Gasteiger partial charge in [0.15, 0.2) is 5.58 Å². The predicted octanol–water partition coefficient (Wildman–Crippen LogP) is 1.41. The van der Waals surface area contributed by atoms with Crippen molar-refractivity contribution in [2.45, 2.75) is 13.3 Å². The van der Waals surface area contributed by atoms with Crippen LogP contribution in [0.3, 0.4) is 0 Å². The van der Waals surface area contributed by atoms with Crippen LogP contribution in [0.4, 0.5) is 5.69 Å². The number of carboxylic acids is 1. The second-order valence-electron chi connectivity index (χ2n) is 3.59. The maximum atomic E-state index is 10.9. The van der Waals surface area contributed by atoms with Crippen LogP contribution in [0.1, 0.15) is 12.6 Å². The first-order valence-electron chi connectivity index (χ1n) is 4.94. The third-order valence-corrected chi connectivity index (χ3v) is 2.18. The van der Waals surface area contributed by atoms with E-state index >= 15 is 0 Å². The number of rotatable bonds is 3. The van der Waals surface area contributed by atoms with Crippen molar-refractivity contribution in [2.75, 3.05) is 5.32 Å². The summed E-state index contributed by atoms with van der Waals surface area (Å²) in [6, 6.07) is 4.95. The number of aromatic nitrogens is 1. The molecule has 6 heteroatoms. The number of hydrogen-bond acceptors (Lipinski definition) is 4. The van der Waals surface area contributed by atoms with Crippen molar-refractivity contribution >= 4 is 28.5 Å². The topological polar surface area (TPSA) is 92.4 Å². The Morgan fingerprint density at radius 2 is 2.24 bits per heavy atom. The van der Waals surface area contributed by atoms with E-state index in [2.05, 4.69) is 10.5 Å². The van der Waals surface area contributed by atoms with Crippen molar-refractivity contribution in [3.8, 4) is 0 Å². The Bertz CT molecular complexity index is 588. The maximum absolute atomic E-state index is 10.9. The van der Waals surface area contributed by atoms with Gasteiger partial charge in [0.05, 0.1) is 6.42 Å². The van der Waals surface area contributed by atoms with E-state index in [-0.39, 0.29) is 12.3 Å². The second kappa shape index (κ2) is 4.25. The van der Waals surface area contributed by atoms with Gasteiger partial charge in [-0.25, -0.2) is 0 Å². The van der Waals surface area contributed by atoms with Gasteiger partial charge < -0.3 is 14.9 Å². The standard InChI is InChI=1S/C11H10N2O4/c1-6(14)12-7-2-3-10-8(4-7)9(13-17-10)5-11(15)16/h2-4H,5H2,1H3,(H,12,14)(H,15,16).